The average Bonchev–Trinajstić information content (AvgIpc) is 2.46. The van der Waals surface area contributed by atoms with Crippen molar-refractivity contribution >= 4 is 15.9 Å². The fraction of sp³-hybridized carbons (Fsp3) is 0.267. The molecule has 0 aliphatic rings. The molecule has 0 spiro atoms. The van der Waals surface area contributed by atoms with Crippen molar-refractivity contribution in [2.24, 2.45) is 0 Å². The summed E-state index contributed by atoms with van der Waals surface area (Å²) in [6.07, 6.45) is 2.59. The number of hydrogen-bond donors (Lipinski definition) is 2. The second-order valence-corrected chi connectivity index (χ2v) is 5.33. The van der Waals surface area contributed by atoms with Gasteiger partial charge in [0.05, 0.1) is 12.3 Å². The second-order valence-electron chi connectivity index (χ2n) is 4.42. The Balaban J connectivity index is 1.87. The number of nitrogens with one attached hydrogen (secondary N) is 1. The minimum atomic E-state index is 0.0489. The SMILES string of the molecule is OC[C@H](Cc1ccccc1)NCc1ccc(Br)cn1. The normalized spacial score (nSPS) is 12.3. The molecule has 3 nitrogen and oxygen atoms in total. The maximum atomic E-state index is 9.42. The minimum Gasteiger partial charge on any atom is -0.395 e. The first-order valence-electron chi connectivity index (χ1n) is 6.26. The Hall–Kier alpha value is -1.23. The highest BCUT2D eigenvalue weighted by Gasteiger charge is 2.08. The van der Waals surface area contributed by atoms with Crippen LogP contribution in [0.3, 0.4) is 0 Å². The van der Waals surface area contributed by atoms with Crippen molar-refractivity contribution in [3.05, 3.63) is 64.4 Å². The van der Waals surface area contributed by atoms with E-state index in [1.165, 1.54) is 5.56 Å². The number of pyridine rings is 1. The molecule has 19 heavy (non-hydrogen) atoms. The molecule has 0 bridgehead atoms. The Bertz CT molecular complexity index is 487. The van der Waals surface area contributed by atoms with Crippen molar-refractivity contribution in [3.63, 3.8) is 0 Å². The number of rotatable bonds is 6. The maximum absolute atomic E-state index is 9.42. The fourth-order valence-electron chi connectivity index (χ4n) is 1.86. The van der Waals surface area contributed by atoms with Gasteiger partial charge in [-0.05, 0) is 40.0 Å². The van der Waals surface area contributed by atoms with Gasteiger partial charge in [-0.3, -0.25) is 4.98 Å². The molecule has 0 fully saturated rings. The van der Waals surface area contributed by atoms with E-state index in [4.69, 9.17) is 0 Å². The largest absolute Gasteiger partial charge is 0.395 e. The Kier molecular flexibility index (Phi) is 5.51. The number of benzene rings is 1. The summed E-state index contributed by atoms with van der Waals surface area (Å²) in [4.78, 5) is 4.30. The number of aliphatic hydroxyl groups excluding tert-OH is 1. The number of nitrogens with zero attached hydrogens (tertiary/aromatic N) is 1. The van der Waals surface area contributed by atoms with Crippen LogP contribution in [-0.4, -0.2) is 22.7 Å². The molecule has 2 rings (SSSR count). The highest BCUT2D eigenvalue weighted by molar-refractivity contribution is 9.10. The van der Waals surface area contributed by atoms with Gasteiger partial charge in [-0.25, -0.2) is 0 Å². The zero-order valence-electron chi connectivity index (χ0n) is 10.6. The van der Waals surface area contributed by atoms with Gasteiger partial charge in [0.25, 0.3) is 0 Å². The summed E-state index contributed by atoms with van der Waals surface area (Å²) in [6, 6.07) is 14.2. The Morgan fingerprint density at radius 3 is 2.58 bits per heavy atom. The van der Waals surface area contributed by atoms with Gasteiger partial charge in [0.1, 0.15) is 0 Å². The predicted octanol–water partition coefficient (Wildman–Crippen LogP) is 2.54. The van der Waals surface area contributed by atoms with Crippen LogP contribution in [0.5, 0.6) is 0 Å². The van der Waals surface area contributed by atoms with E-state index in [1.807, 2.05) is 30.3 Å². The molecule has 0 saturated heterocycles. The van der Waals surface area contributed by atoms with Crippen LogP contribution in [0.15, 0.2) is 53.1 Å². The summed E-state index contributed by atoms with van der Waals surface area (Å²) < 4.78 is 0.972. The third-order valence-corrected chi connectivity index (χ3v) is 3.37. The summed E-state index contributed by atoms with van der Waals surface area (Å²) in [6.45, 7) is 0.775. The fourth-order valence-corrected chi connectivity index (χ4v) is 2.09. The quantitative estimate of drug-likeness (QED) is 0.859. The first kappa shape index (κ1) is 14.2. The molecular formula is C15H17BrN2O. The predicted molar refractivity (Wildman–Crippen MR) is 79.8 cm³/mol. The van der Waals surface area contributed by atoms with E-state index in [1.54, 1.807) is 6.20 Å². The third-order valence-electron chi connectivity index (χ3n) is 2.91. The van der Waals surface area contributed by atoms with Gasteiger partial charge in [-0.1, -0.05) is 30.3 Å². The van der Waals surface area contributed by atoms with Crippen molar-refractivity contribution in [2.75, 3.05) is 6.61 Å². The molecule has 100 valence electrons. The van der Waals surface area contributed by atoms with E-state index in [-0.39, 0.29) is 12.6 Å². The lowest BCUT2D eigenvalue weighted by Crippen LogP contribution is -2.34. The van der Waals surface area contributed by atoms with Gasteiger partial charge in [-0.2, -0.15) is 0 Å². The molecule has 1 aromatic carbocycles. The molecule has 1 heterocycles. The average molecular weight is 321 g/mol. The van der Waals surface area contributed by atoms with E-state index < -0.39 is 0 Å². The van der Waals surface area contributed by atoms with Crippen LogP contribution < -0.4 is 5.32 Å². The monoisotopic (exact) mass is 320 g/mol. The summed E-state index contributed by atoms with van der Waals surface area (Å²) in [5.41, 5.74) is 2.19. The van der Waals surface area contributed by atoms with E-state index in [9.17, 15) is 5.11 Å². The number of aromatic nitrogens is 1. The van der Waals surface area contributed by atoms with E-state index >= 15 is 0 Å². The lowest BCUT2D eigenvalue weighted by atomic mass is 10.1. The zero-order chi connectivity index (χ0) is 13.5. The van der Waals surface area contributed by atoms with Crippen LogP contribution >= 0.6 is 15.9 Å². The van der Waals surface area contributed by atoms with Gasteiger partial charge in [-0.15, -0.1) is 0 Å². The van der Waals surface area contributed by atoms with Crippen molar-refractivity contribution < 1.29 is 5.11 Å². The van der Waals surface area contributed by atoms with Crippen LogP contribution in [0, 0.1) is 0 Å². The summed E-state index contributed by atoms with van der Waals surface area (Å²) >= 11 is 3.36. The molecular weight excluding hydrogens is 304 g/mol. The Labute approximate surface area is 121 Å². The van der Waals surface area contributed by atoms with Crippen molar-refractivity contribution in [1.82, 2.24) is 10.3 Å². The van der Waals surface area contributed by atoms with Gasteiger partial charge in [0.15, 0.2) is 0 Å². The summed E-state index contributed by atoms with van der Waals surface area (Å²) in [5.74, 6) is 0. The summed E-state index contributed by atoms with van der Waals surface area (Å²) in [5, 5.41) is 12.7. The van der Waals surface area contributed by atoms with E-state index in [0.717, 1.165) is 16.6 Å². The lowest BCUT2D eigenvalue weighted by Gasteiger charge is -2.16. The molecule has 2 N–H and O–H groups in total. The van der Waals surface area contributed by atoms with Crippen LogP contribution in [0.2, 0.25) is 0 Å². The molecule has 0 unspecified atom stereocenters. The highest BCUT2D eigenvalue weighted by Crippen LogP contribution is 2.08. The minimum absolute atomic E-state index is 0.0489. The van der Waals surface area contributed by atoms with Crippen LogP contribution in [0.4, 0.5) is 0 Å². The van der Waals surface area contributed by atoms with Crippen molar-refractivity contribution in [1.29, 1.82) is 0 Å². The van der Waals surface area contributed by atoms with Gasteiger partial charge in [0.2, 0.25) is 0 Å². The third kappa shape index (κ3) is 4.74. The number of hydrogen-bond acceptors (Lipinski definition) is 3. The molecule has 1 aromatic heterocycles. The van der Waals surface area contributed by atoms with E-state index in [0.29, 0.717) is 6.54 Å². The number of aliphatic hydroxyl groups is 1. The van der Waals surface area contributed by atoms with Crippen molar-refractivity contribution in [3.8, 4) is 0 Å². The van der Waals surface area contributed by atoms with Gasteiger partial charge in [0, 0.05) is 23.3 Å². The first-order chi connectivity index (χ1) is 9.28. The van der Waals surface area contributed by atoms with Crippen molar-refractivity contribution in [2.45, 2.75) is 19.0 Å². The van der Waals surface area contributed by atoms with Crippen LogP contribution in [-0.2, 0) is 13.0 Å². The highest BCUT2D eigenvalue weighted by atomic mass is 79.9. The molecule has 0 aliphatic carbocycles. The smallest absolute Gasteiger partial charge is 0.0588 e. The van der Waals surface area contributed by atoms with Crippen LogP contribution in [0.1, 0.15) is 11.3 Å². The standard InChI is InChI=1S/C15H17BrN2O/c16-13-6-7-14(17-9-13)10-18-15(11-19)8-12-4-2-1-3-5-12/h1-7,9,15,18-19H,8,10-11H2/t15-/m0/s1. The summed E-state index contributed by atoms with van der Waals surface area (Å²) in [7, 11) is 0. The maximum Gasteiger partial charge on any atom is 0.0588 e. The van der Waals surface area contributed by atoms with Gasteiger partial charge < -0.3 is 10.4 Å². The molecule has 0 radical (unpaired) electrons. The molecule has 0 aliphatic heterocycles. The zero-order valence-corrected chi connectivity index (χ0v) is 12.2. The van der Waals surface area contributed by atoms with Crippen LogP contribution in [0.25, 0.3) is 0 Å². The Morgan fingerprint density at radius 2 is 1.95 bits per heavy atom. The van der Waals surface area contributed by atoms with Gasteiger partial charge >= 0.3 is 0 Å². The molecule has 2 aromatic rings. The topological polar surface area (TPSA) is 45.1 Å². The molecule has 4 heteroatoms. The second kappa shape index (κ2) is 7.38. The molecule has 0 amide bonds. The Morgan fingerprint density at radius 1 is 1.16 bits per heavy atom. The first-order valence-corrected chi connectivity index (χ1v) is 7.06. The molecule has 0 saturated carbocycles. The lowest BCUT2D eigenvalue weighted by molar-refractivity contribution is 0.240. The molecule has 1 atom stereocenters. The number of halogens is 1. The van der Waals surface area contributed by atoms with E-state index in [2.05, 4.69) is 38.4 Å².